The molecule has 1 aliphatic heterocycles. The molecule has 6 nitrogen and oxygen atoms in total. The predicted molar refractivity (Wildman–Crippen MR) is 96.6 cm³/mol. The van der Waals surface area contributed by atoms with Crippen molar-refractivity contribution in [2.75, 3.05) is 33.3 Å². The molecular weight excluding hydrogens is 316 g/mol. The van der Waals surface area contributed by atoms with Gasteiger partial charge in [0.05, 0.1) is 6.54 Å². The number of benzene rings is 1. The lowest BCUT2D eigenvalue weighted by atomic mass is 9.87. The van der Waals surface area contributed by atoms with Crippen molar-refractivity contribution >= 4 is 5.91 Å². The van der Waals surface area contributed by atoms with E-state index in [1.165, 1.54) is 0 Å². The van der Waals surface area contributed by atoms with Crippen molar-refractivity contribution in [2.45, 2.75) is 25.3 Å². The fourth-order valence-corrected chi connectivity index (χ4v) is 3.37. The van der Waals surface area contributed by atoms with Gasteiger partial charge in [-0.3, -0.25) is 9.48 Å². The van der Waals surface area contributed by atoms with Crippen LogP contribution in [0, 0.1) is 6.92 Å². The van der Waals surface area contributed by atoms with Crippen LogP contribution in [0.2, 0.25) is 0 Å². The topological polar surface area (TPSA) is 59.4 Å². The zero-order valence-electron chi connectivity index (χ0n) is 14.9. The molecule has 1 amide bonds. The second-order valence-corrected chi connectivity index (χ2v) is 6.57. The number of aryl methyl sites for hydroxylation is 1. The van der Waals surface area contributed by atoms with Crippen LogP contribution >= 0.6 is 0 Å². The van der Waals surface area contributed by atoms with Crippen molar-refractivity contribution in [2.24, 2.45) is 0 Å². The maximum absolute atomic E-state index is 13.2. The van der Waals surface area contributed by atoms with Crippen molar-refractivity contribution in [3.05, 3.63) is 48.3 Å². The van der Waals surface area contributed by atoms with E-state index in [4.69, 9.17) is 4.74 Å². The zero-order chi connectivity index (χ0) is 17.7. The fraction of sp³-hybridized carbons (Fsp3) is 0.474. The maximum Gasteiger partial charge on any atom is 0.250 e. The summed E-state index contributed by atoms with van der Waals surface area (Å²) in [5, 5.41) is 7.69. The highest BCUT2D eigenvalue weighted by molar-refractivity contribution is 5.84. The van der Waals surface area contributed by atoms with Gasteiger partial charge in [-0.25, -0.2) is 0 Å². The van der Waals surface area contributed by atoms with Crippen molar-refractivity contribution < 1.29 is 9.53 Å². The molecule has 0 atom stereocenters. The number of hydrogen-bond acceptors (Lipinski definition) is 4. The van der Waals surface area contributed by atoms with Gasteiger partial charge in [-0.15, -0.1) is 0 Å². The molecule has 1 aliphatic rings. The van der Waals surface area contributed by atoms with Crippen molar-refractivity contribution in [1.29, 1.82) is 0 Å². The van der Waals surface area contributed by atoms with E-state index in [0.717, 1.165) is 37.2 Å². The van der Waals surface area contributed by atoms with Crippen LogP contribution in [0.3, 0.4) is 0 Å². The SMILES string of the molecule is Cc1ccccc1OCCN(C)C(=O)C1(n2cccn2)CCNCC1. The molecule has 0 radical (unpaired) electrons. The van der Waals surface area contributed by atoms with E-state index >= 15 is 0 Å². The van der Waals surface area contributed by atoms with Gasteiger partial charge in [0.1, 0.15) is 17.9 Å². The fourth-order valence-electron chi connectivity index (χ4n) is 3.37. The summed E-state index contributed by atoms with van der Waals surface area (Å²) in [5.41, 5.74) is 0.509. The Hall–Kier alpha value is -2.34. The zero-order valence-corrected chi connectivity index (χ0v) is 14.9. The van der Waals surface area contributed by atoms with Crippen LogP contribution in [0.25, 0.3) is 0 Å². The molecule has 134 valence electrons. The number of hydrogen-bond donors (Lipinski definition) is 1. The van der Waals surface area contributed by atoms with E-state index in [2.05, 4.69) is 10.4 Å². The van der Waals surface area contributed by atoms with Gasteiger partial charge in [0, 0.05) is 19.4 Å². The average molecular weight is 342 g/mol. The number of nitrogens with zero attached hydrogens (tertiary/aromatic N) is 3. The van der Waals surface area contributed by atoms with Gasteiger partial charge in [-0.1, -0.05) is 18.2 Å². The highest BCUT2D eigenvalue weighted by Gasteiger charge is 2.43. The Morgan fingerprint density at radius 3 is 2.76 bits per heavy atom. The number of amides is 1. The van der Waals surface area contributed by atoms with Crippen LogP contribution in [0.15, 0.2) is 42.7 Å². The number of nitrogens with one attached hydrogen (secondary N) is 1. The van der Waals surface area contributed by atoms with Gasteiger partial charge in [-0.2, -0.15) is 5.10 Å². The normalized spacial score (nSPS) is 16.4. The molecule has 6 heteroatoms. The number of carbonyl (C=O) groups is 1. The molecule has 2 heterocycles. The number of aromatic nitrogens is 2. The summed E-state index contributed by atoms with van der Waals surface area (Å²) in [6.45, 7) is 4.67. The van der Waals surface area contributed by atoms with Gasteiger partial charge in [0.2, 0.25) is 0 Å². The van der Waals surface area contributed by atoms with Gasteiger partial charge < -0.3 is 15.0 Å². The minimum Gasteiger partial charge on any atom is -0.491 e. The number of para-hydroxylation sites is 1. The molecule has 1 fully saturated rings. The summed E-state index contributed by atoms with van der Waals surface area (Å²) in [7, 11) is 1.84. The number of piperidine rings is 1. The molecule has 0 saturated carbocycles. The molecule has 1 aromatic carbocycles. The smallest absolute Gasteiger partial charge is 0.250 e. The maximum atomic E-state index is 13.2. The largest absolute Gasteiger partial charge is 0.491 e. The van der Waals surface area contributed by atoms with E-state index in [9.17, 15) is 4.79 Å². The molecule has 25 heavy (non-hydrogen) atoms. The number of carbonyl (C=O) groups excluding carboxylic acids is 1. The summed E-state index contributed by atoms with van der Waals surface area (Å²) >= 11 is 0. The summed E-state index contributed by atoms with van der Waals surface area (Å²) < 4.78 is 7.67. The number of rotatable bonds is 6. The van der Waals surface area contributed by atoms with Crippen LogP contribution in [0.5, 0.6) is 5.75 Å². The monoisotopic (exact) mass is 342 g/mol. The molecule has 0 bridgehead atoms. The Balaban J connectivity index is 1.65. The summed E-state index contributed by atoms with van der Waals surface area (Å²) in [6.07, 6.45) is 5.12. The third-order valence-electron chi connectivity index (χ3n) is 4.90. The minimum atomic E-state index is -0.591. The summed E-state index contributed by atoms with van der Waals surface area (Å²) in [4.78, 5) is 15.0. The standard InChI is InChI=1S/C19H26N4O2/c1-16-6-3-4-7-17(16)25-15-14-22(2)18(24)19(8-11-20-12-9-19)23-13-5-10-21-23/h3-7,10,13,20H,8-9,11-12,14-15H2,1-2H3. The molecule has 0 spiro atoms. The van der Waals surface area contributed by atoms with E-state index in [1.807, 2.05) is 55.2 Å². The first-order valence-electron chi connectivity index (χ1n) is 8.78. The molecule has 1 saturated heterocycles. The van der Waals surface area contributed by atoms with Crippen LogP contribution in [-0.2, 0) is 10.3 Å². The Labute approximate surface area is 148 Å². The second-order valence-electron chi connectivity index (χ2n) is 6.57. The van der Waals surface area contributed by atoms with Gasteiger partial charge >= 0.3 is 0 Å². The van der Waals surface area contributed by atoms with E-state index in [0.29, 0.717) is 13.2 Å². The molecule has 1 N–H and O–H groups in total. The Morgan fingerprint density at radius 2 is 2.08 bits per heavy atom. The second kappa shape index (κ2) is 7.70. The Kier molecular flexibility index (Phi) is 5.38. The lowest BCUT2D eigenvalue weighted by Crippen LogP contribution is -2.55. The first-order valence-corrected chi connectivity index (χ1v) is 8.78. The molecule has 0 aliphatic carbocycles. The van der Waals surface area contributed by atoms with E-state index < -0.39 is 5.54 Å². The Morgan fingerprint density at radius 1 is 1.32 bits per heavy atom. The summed E-state index contributed by atoms with van der Waals surface area (Å²) in [5.74, 6) is 0.970. The number of ether oxygens (including phenoxy) is 1. The Bertz CT molecular complexity index is 693. The molecule has 0 unspecified atom stereocenters. The first kappa shape index (κ1) is 17.5. The first-order chi connectivity index (χ1) is 12.1. The molecule has 3 rings (SSSR count). The van der Waals surface area contributed by atoms with E-state index in [1.54, 1.807) is 11.1 Å². The third-order valence-corrected chi connectivity index (χ3v) is 4.90. The minimum absolute atomic E-state index is 0.103. The summed E-state index contributed by atoms with van der Waals surface area (Å²) in [6, 6.07) is 9.79. The molecule has 2 aromatic rings. The predicted octanol–water partition coefficient (Wildman–Crippen LogP) is 1.81. The lowest BCUT2D eigenvalue weighted by Gasteiger charge is -2.39. The van der Waals surface area contributed by atoms with Crippen LogP contribution in [-0.4, -0.2) is 53.9 Å². The van der Waals surface area contributed by atoms with Gasteiger partial charge in [0.15, 0.2) is 0 Å². The van der Waals surface area contributed by atoms with Crippen molar-refractivity contribution in [1.82, 2.24) is 20.0 Å². The van der Waals surface area contributed by atoms with Gasteiger partial charge in [-0.05, 0) is 50.6 Å². The lowest BCUT2D eigenvalue weighted by molar-refractivity contribution is -0.142. The van der Waals surface area contributed by atoms with Crippen molar-refractivity contribution in [3.63, 3.8) is 0 Å². The molecule has 1 aromatic heterocycles. The van der Waals surface area contributed by atoms with Crippen LogP contribution in [0.1, 0.15) is 18.4 Å². The highest BCUT2D eigenvalue weighted by atomic mass is 16.5. The van der Waals surface area contributed by atoms with E-state index in [-0.39, 0.29) is 5.91 Å². The highest BCUT2D eigenvalue weighted by Crippen LogP contribution is 2.29. The van der Waals surface area contributed by atoms with Gasteiger partial charge in [0.25, 0.3) is 5.91 Å². The van der Waals surface area contributed by atoms with Crippen LogP contribution < -0.4 is 10.1 Å². The van der Waals surface area contributed by atoms with Crippen molar-refractivity contribution in [3.8, 4) is 5.75 Å². The quantitative estimate of drug-likeness (QED) is 0.870. The average Bonchev–Trinajstić information content (AvgIpc) is 3.18. The number of likely N-dealkylation sites (N-methyl/N-ethyl adjacent to an activating group) is 1. The molecular formula is C19H26N4O2. The van der Waals surface area contributed by atoms with Crippen LogP contribution in [0.4, 0.5) is 0 Å². The third kappa shape index (κ3) is 3.69.